The first-order chi connectivity index (χ1) is 19.1. The maximum absolute atomic E-state index is 13.7. The highest BCUT2D eigenvalue weighted by Crippen LogP contribution is 2.47. The lowest BCUT2D eigenvalue weighted by molar-refractivity contribution is -0.113. The van der Waals surface area contributed by atoms with Gasteiger partial charge in [-0.25, -0.2) is 4.98 Å². The van der Waals surface area contributed by atoms with Gasteiger partial charge in [-0.1, -0.05) is 23.2 Å². The molecule has 2 aromatic heterocycles. The molecule has 0 fully saturated rings. The minimum atomic E-state index is -1.09. The Labute approximate surface area is 238 Å². The average molecular weight is 593 g/mol. The van der Waals surface area contributed by atoms with Gasteiger partial charge in [-0.05, 0) is 23.8 Å². The summed E-state index contributed by atoms with van der Waals surface area (Å²) in [6.07, 6.45) is 1.85. The Balaban J connectivity index is 1.72. The van der Waals surface area contributed by atoms with Crippen molar-refractivity contribution in [1.82, 2.24) is 20.3 Å². The number of hydrogen-bond donors (Lipinski definition) is 5. The molecule has 0 radical (unpaired) electrons. The number of halogens is 2. The van der Waals surface area contributed by atoms with Crippen LogP contribution in [0.2, 0.25) is 10.2 Å². The van der Waals surface area contributed by atoms with E-state index >= 15 is 0 Å². The lowest BCUT2D eigenvalue weighted by Gasteiger charge is -2.20. The molecule has 2 amide bonds. The zero-order chi connectivity index (χ0) is 29.1. The first kappa shape index (κ1) is 29.0. The third-order valence-electron chi connectivity index (χ3n) is 6.01. The Kier molecular flexibility index (Phi) is 8.69. The fraction of sp³-hybridized carbons (Fsp3) is 0.280. The van der Waals surface area contributed by atoms with Crippen LogP contribution in [-0.2, 0) is 11.3 Å². The number of benzene rings is 1. The highest BCUT2D eigenvalue weighted by atomic mass is 35.5. The Bertz CT molecular complexity index is 1490. The van der Waals surface area contributed by atoms with E-state index in [1.165, 1.54) is 44.6 Å². The molecule has 3 heterocycles. The Morgan fingerprint density at radius 2 is 1.93 bits per heavy atom. The lowest BCUT2D eigenvalue weighted by atomic mass is 10.1. The van der Waals surface area contributed by atoms with E-state index in [1.807, 2.05) is 0 Å². The number of carbonyl (C=O) groups is 2. The van der Waals surface area contributed by atoms with Crippen LogP contribution in [0.25, 0.3) is 11.6 Å². The Morgan fingerprint density at radius 1 is 1.20 bits per heavy atom. The van der Waals surface area contributed by atoms with Crippen molar-refractivity contribution in [1.29, 1.82) is 0 Å². The van der Waals surface area contributed by atoms with Crippen LogP contribution >= 0.6 is 23.2 Å². The summed E-state index contributed by atoms with van der Waals surface area (Å²) in [6.45, 7) is -0.676. The molecule has 0 spiro atoms. The first-order valence-corrected chi connectivity index (χ1v) is 12.5. The number of rotatable bonds is 10. The van der Waals surface area contributed by atoms with Gasteiger partial charge >= 0.3 is 0 Å². The molecule has 6 N–H and O–H groups in total. The molecule has 1 aliphatic heterocycles. The molecular weight excluding hydrogens is 567 g/mol. The molecule has 4 rings (SSSR count). The number of fused-ring (bicyclic) bond motifs is 1. The van der Waals surface area contributed by atoms with E-state index in [2.05, 4.69) is 20.3 Å². The van der Waals surface area contributed by atoms with E-state index in [1.54, 1.807) is 6.07 Å². The third-order valence-corrected chi connectivity index (χ3v) is 6.70. The topological polar surface area (TPSA) is 185 Å². The first-order valence-electron chi connectivity index (χ1n) is 11.7. The summed E-state index contributed by atoms with van der Waals surface area (Å²) < 4.78 is 16.2. The number of nitrogens with one attached hydrogen (secondary N) is 2. The average Bonchev–Trinajstić information content (AvgIpc) is 3.51. The second-order valence-corrected chi connectivity index (χ2v) is 9.27. The summed E-state index contributed by atoms with van der Waals surface area (Å²) in [4.78, 5) is 38.7. The van der Waals surface area contributed by atoms with Crippen LogP contribution in [0.15, 0.2) is 18.3 Å². The molecule has 1 atom stereocenters. The normalized spacial score (nSPS) is 14.3. The highest BCUT2D eigenvalue weighted by Gasteiger charge is 2.38. The lowest BCUT2D eigenvalue weighted by Crippen LogP contribution is -2.33. The van der Waals surface area contributed by atoms with Crippen molar-refractivity contribution in [3.05, 3.63) is 50.9 Å². The largest absolute Gasteiger partial charge is 0.493 e. The van der Waals surface area contributed by atoms with Crippen LogP contribution in [-0.4, -0.2) is 77.6 Å². The number of carbonyl (C=O) groups excluding carboxylic acids is 2. The summed E-state index contributed by atoms with van der Waals surface area (Å²) >= 11 is 13.0. The summed E-state index contributed by atoms with van der Waals surface area (Å²) in [5.41, 5.74) is 7.36. The molecule has 0 unspecified atom stereocenters. The second kappa shape index (κ2) is 12.0. The Morgan fingerprint density at radius 3 is 2.58 bits per heavy atom. The Hall–Kier alpha value is -4.04. The smallest absolute Gasteiger partial charge is 0.260 e. The van der Waals surface area contributed by atoms with Crippen LogP contribution in [0.3, 0.4) is 0 Å². The third kappa shape index (κ3) is 5.49. The van der Waals surface area contributed by atoms with Crippen molar-refractivity contribution in [3.8, 4) is 17.2 Å². The number of nitrogens with zero attached hydrogens (tertiary/aromatic N) is 3. The van der Waals surface area contributed by atoms with Crippen LogP contribution in [0.4, 0.5) is 11.8 Å². The second-order valence-electron chi connectivity index (χ2n) is 8.53. The van der Waals surface area contributed by atoms with Crippen molar-refractivity contribution in [2.24, 2.45) is 0 Å². The van der Waals surface area contributed by atoms with Gasteiger partial charge in [-0.15, -0.1) is 0 Å². The van der Waals surface area contributed by atoms with Gasteiger partial charge < -0.3 is 40.5 Å². The van der Waals surface area contributed by atoms with Gasteiger partial charge in [-0.2, -0.15) is 4.98 Å². The van der Waals surface area contributed by atoms with E-state index in [0.29, 0.717) is 22.8 Å². The molecule has 15 heteroatoms. The summed E-state index contributed by atoms with van der Waals surface area (Å²) in [5, 5.41) is 21.1. The highest BCUT2D eigenvalue weighted by molar-refractivity contribution is 6.41. The van der Waals surface area contributed by atoms with E-state index in [0.717, 1.165) is 0 Å². The number of aliphatic hydroxyl groups is 2. The maximum atomic E-state index is 13.7. The van der Waals surface area contributed by atoms with Crippen LogP contribution < -0.4 is 30.2 Å². The van der Waals surface area contributed by atoms with Gasteiger partial charge in [0.2, 0.25) is 11.7 Å². The summed E-state index contributed by atoms with van der Waals surface area (Å²) in [6, 6.07) is 3.12. The molecule has 13 nitrogen and oxygen atoms in total. The van der Waals surface area contributed by atoms with Gasteiger partial charge in [-0.3, -0.25) is 14.5 Å². The number of nitrogens with two attached hydrogens (primary N) is 1. The number of aromatic amines is 1. The quantitative estimate of drug-likeness (QED) is 0.172. The number of anilines is 2. The monoisotopic (exact) mass is 592 g/mol. The van der Waals surface area contributed by atoms with Crippen molar-refractivity contribution >= 4 is 58.4 Å². The van der Waals surface area contributed by atoms with Gasteiger partial charge in [0.1, 0.15) is 5.15 Å². The standard InChI is InChI=1S/C25H26Cl2N6O7/c1-38-16-5-12(18(26)20(40-3)19(16)39-2)9-33-22-17(21(27)31-25(28)32-22)15(24(33)37)6-13-4-11(7-29-13)23(36)30-8-14(35)10-34/h4-7,14,29,34-35H,8-10H2,1-3H3,(H,30,36)(H2,28,31,32)/b15-6-/t14-/m0/s1. The number of methoxy groups -OCH3 is 3. The van der Waals surface area contributed by atoms with Crippen LogP contribution in [0, 0.1) is 0 Å². The SMILES string of the molecule is COc1cc(CN2C(=O)/C(=C\c3cc(C(=O)NC[C@H](O)CO)c[nH]3)c3c(Cl)nc(N)nc32)c(Cl)c(OC)c1OC. The number of aromatic nitrogens is 3. The molecule has 1 aromatic carbocycles. The molecule has 0 saturated heterocycles. The van der Waals surface area contributed by atoms with Crippen molar-refractivity contribution < 1.29 is 34.0 Å². The van der Waals surface area contributed by atoms with Crippen LogP contribution in [0.5, 0.6) is 17.2 Å². The van der Waals surface area contributed by atoms with Gasteiger partial charge in [0.15, 0.2) is 17.3 Å². The molecular formula is C25H26Cl2N6O7. The molecule has 212 valence electrons. The fourth-order valence-corrected chi connectivity index (χ4v) is 4.66. The number of H-pyrrole nitrogens is 1. The zero-order valence-corrected chi connectivity index (χ0v) is 23.1. The molecule has 0 saturated carbocycles. The van der Waals surface area contributed by atoms with Gasteiger partial charge in [0.25, 0.3) is 11.8 Å². The fourth-order valence-electron chi connectivity index (χ4n) is 4.11. The number of nitrogen functional groups attached to an aromatic ring is 1. The molecule has 1 aliphatic rings. The molecule has 3 aromatic rings. The number of hydrogen-bond acceptors (Lipinski definition) is 10. The van der Waals surface area contributed by atoms with E-state index < -0.39 is 24.5 Å². The molecule has 40 heavy (non-hydrogen) atoms. The minimum Gasteiger partial charge on any atom is -0.493 e. The van der Waals surface area contributed by atoms with E-state index in [-0.39, 0.29) is 57.5 Å². The summed E-state index contributed by atoms with van der Waals surface area (Å²) in [5.74, 6) is -0.0774. The number of amides is 2. The van der Waals surface area contributed by atoms with Crippen molar-refractivity contribution in [2.45, 2.75) is 12.6 Å². The predicted molar refractivity (Wildman–Crippen MR) is 148 cm³/mol. The maximum Gasteiger partial charge on any atom is 0.260 e. The number of aliphatic hydroxyl groups excluding tert-OH is 2. The van der Waals surface area contributed by atoms with Gasteiger partial charge in [0, 0.05) is 18.4 Å². The van der Waals surface area contributed by atoms with Crippen molar-refractivity contribution in [2.75, 3.05) is 45.1 Å². The molecule has 0 aliphatic carbocycles. The van der Waals surface area contributed by atoms with Crippen molar-refractivity contribution in [3.63, 3.8) is 0 Å². The van der Waals surface area contributed by atoms with Crippen LogP contribution in [0.1, 0.15) is 27.2 Å². The van der Waals surface area contributed by atoms with E-state index in [9.17, 15) is 14.7 Å². The minimum absolute atomic E-state index is 0.0388. The summed E-state index contributed by atoms with van der Waals surface area (Å²) in [7, 11) is 4.33. The van der Waals surface area contributed by atoms with E-state index in [4.69, 9.17) is 48.3 Å². The number of ether oxygens (including phenoxy) is 3. The predicted octanol–water partition coefficient (Wildman–Crippen LogP) is 1.89. The zero-order valence-electron chi connectivity index (χ0n) is 21.6. The molecule has 0 bridgehead atoms. The van der Waals surface area contributed by atoms with Gasteiger partial charge in [0.05, 0.1) is 62.3 Å².